The van der Waals surface area contributed by atoms with Crippen LogP contribution in [-0.2, 0) is 9.59 Å². The number of para-hydroxylation sites is 2. The summed E-state index contributed by atoms with van der Waals surface area (Å²) in [5.41, 5.74) is 0.169. The van der Waals surface area contributed by atoms with Gasteiger partial charge in [-0.1, -0.05) is 12.1 Å². The average Bonchev–Trinajstić information content (AvgIpc) is 2.98. The Morgan fingerprint density at radius 3 is 2.96 bits per heavy atom. The first kappa shape index (κ1) is 16.0. The van der Waals surface area contributed by atoms with Crippen LogP contribution in [0, 0.1) is 0 Å². The summed E-state index contributed by atoms with van der Waals surface area (Å²) in [6.45, 7) is -1.03. The van der Waals surface area contributed by atoms with E-state index in [4.69, 9.17) is 0 Å². The van der Waals surface area contributed by atoms with Crippen molar-refractivity contribution < 1.29 is 23.1 Å². The van der Waals surface area contributed by atoms with Crippen LogP contribution in [0.4, 0.5) is 14.5 Å². The Hall–Kier alpha value is -1.83. The lowest BCUT2D eigenvalue weighted by molar-refractivity contribution is -0.135. The van der Waals surface area contributed by atoms with Crippen LogP contribution in [0.3, 0.4) is 0 Å². The molecule has 8 heteroatoms. The van der Waals surface area contributed by atoms with Crippen molar-refractivity contribution >= 4 is 29.3 Å². The number of rotatable bonds is 4. The number of halogens is 2. The summed E-state index contributed by atoms with van der Waals surface area (Å²) in [7, 11) is 0. The summed E-state index contributed by atoms with van der Waals surface area (Å²) in [6.07, 6.45) is 1.14. The quantitative estimate of drug-likeness (QED) is 0.914. The van der Waals surface area contributed by atoms with Crippen LogP contribution in [0.2, 0.25) is 0 Å². The van der Waals surface area contributed by atoms with E-state index in [1.165, 1.54) is 12.1 Å². The summed E-state index contributed by atoms with van der Waals surface area (Å²) < 4.78 is 29.3. The van der Waals surface area contributed by atoms with Gasteiger partial charge in [-0.3, -0.25) is 9.59 Å². The normalized spacial score (nSPS) is 26.5. The molecule has 2 heterocycles. The third-order valence-corrected chi connectivity index (χ3v) is 5.61. The van der Waals surface area contributed by atoms with Gasteiger partial charge in [0.25, 0.3) is 0 Å². The first-order chi connectivity index (χ1) is 10.9. The van der Waals surface area contributed by atoms with Gasteiger partial charge >= 0.3 is 6.61 Å². The van der Waals surface area contributed by atoms with Crippen molar-refractivity contribution in [3.63, 3.8) is 0 Å². The Kier molecular flexibility index (Phi) is 4.18. The second-order valence-corrected chi connectivity index (χ2v) is 7.13. The maximum atomic E-state index is 12.5. The standard InChI is InChI=1S/C15H16F2N2O3S/c1-15-7-6-12(20)19(15)10(8-23-15)13(21)18-9-4-2-3-5-11(9)22-14(16)17/h2-5,10,14H,6-8H2,1H3,(H,18,21)/t10-,15+/m0/s1. The summed E-state index contributed by atoms with van der Waals surface area (Å²) in [5.74, 6) is -0.0417. The highest BCUT2D eigenvalue weighted by Crippen LogP contribution is 2.47. The molecule has 124 valence electrons. The van der Waals surface area contributed by atoms with E-state index in [9.17, 15) is 18.4 Å². The van der Waals surface area contributed by atoms with E-state index in [0.29, 0.717) is 18.6 Å². The Balaban J connectivity index is 1.77. The Morgan fingerprint density at radius 2 is 2.22 bits per heavy atom. The molecule has 0 saturated carbocycles. The summed E-state index contributed by atoms with van der Waals surface area (Å²) in [6, 6.07) is 5.40. The number of fused-ring (bicyclic) bond motifs is 1. The van der Waals surface area contributed by atoms with Crippen LogP contribution < -0.4 is 10.1 Å². The summed E-state index contributed by atoms with van der Waals surface area (Å²) >= 11 is 1.57. The lowest BCUT2D eigenvalue weighted by Gasteiger charge is -2.30. The topological polar surface area (TPSA) is 58.6 Å². The number of amides is 2. The molecule has 2 saturated heterocycles. The highest BCUT2D eigenvalue weighted by molar-refractivity contribution is 8.01. The van der Waals surface area contributed by atoms with Crippen molar-refractivity contribution in [2.75, 3.05) is 11.1 Å². The highest BCUT2D eigenvalue weighted by atomic mass is 32.2. The zero-order valence-electron chi connectivity index (χ0n) is 12.4. The molecule has 5 nitrogen and oxygen atoms in total. The van der Waals surface area contributed by atoms with Gasteiger partial charge in [0.15, 0.2) is 0 Å². The number of benzene rings is 1. The zero-order valence-corrected chi connectivity index (χ0v) is 13.2. The largest absolute Gasteiger partial charge is 0.433 e. The summed E-state index contributed by atoms with van der Waals surface area (Å²) in [5, 5.41) is 2.60. The first-order valence-electron chi connectivity index (χ1n) is 7.21. The van der Waals surface area contributed by atoms with E-state index in [0.717, 1.165) is 0 Å². The van der Waals surface area contributed by atoms with Crippen LogP contribution in [0.1, 0.15) is 19.8 Å². The molecule has 2 aliphatic heterocycles. The van der Waals surface area contributed by atoms with E-state index in [1.54, 1.807) is 28.8 Å². The van der Waals surface area contributed by atoms with Crippen molar-refractivity contribution in [2.24, 2.45) is 0 Å². The van der Waals surface area contributed by atoms with E-state index in [1.807, 2.05) is 6.92 Å². The molecule has 0 aliphatic carbocycles. The third-order valence-electron chi connectivity index (χ3n) is 4.11. The number of nitrogens with zero attached hydrogens (tertiary/aromatic N) is 1. The number of carbonyl (C=O) groups is 2. The van der Waals surface area contributed by atoms with Crippen molar-refractivity contribution in [1.82, 2.24) is 4.90 Å². The number of nitrogens with one attached hydrogen (secondary N) is 1. The number of hydrogen-bond acceptors (Lipinski definition) is 4. The molecule has 2 fully saturated rings. The molecule has 2 aliphatic rings. The Morgan fingerprint density at radius 1 is 1.48 bits per heavy atom. The minimum absolute atomic E-state index is 0.0465. The molecule has 1 N–H and O–H groups in total. The van der Waals surface area contributed by atoms with Crippen molar-refractivity contribution in [2.45, 2.75) is 37.3 Å². The van der Waals surface area contributed by atoms with Crippen molar-refractivity contribution in [3.8, 4) is 5.75 Å². The first-order valence-corrected chi connectivity index (χ1v) is 8.20. The minimum Gasteiger partial charge on any atom is -0.433 e. The molecule has 0 aromatic heterocycles. The van der Waals surface area contributed by atoms with Gasteiger partial charge in [-0.05, 0) is 25.5 Å². The van der Waals surface area contributed by atoms with Gasteiger partial charge in [-0.25, -0.2) is 0 Å². The summed E-state index contributed by atoms with van der Waals surface area (Å²) in [4.78, 5) is 25.8. The number of carbonyl (C=O) groups excluding carboxylic acids is 2. The van der Waals surface area contributed by atoms with E-state index in [-0.39, 0.29) is 28.1 Å². The molecule has 0 spiro atoms. The van der Waals surface area contributed by atoms with Gasteiger partial charge in [-0.2, -0.15) is 8.78 Å². The average molecular weight is 342 g/mol. The number of anilines is 1. The Bertz CT molecular complexity index is 643. The van der Waals surface area contributed by atoms with Crippen LogP contribution in [0.25, 0.3) is 0 Å². The second-order valence-electron chi connectivity index (χ2n) is 5.63. The molecule has 0 bridgehead atoms. The molecule has 1 aromatic carbocycles. The van der Waals surface area contributed by atoms with Gasteiger partial charge in [0.05, 0.1) is 10.6 Å². The van der Waals surface area contributed by atoms with Crippen LogP contribution in [0.5, 0.6) is 5.75 Å². The Labute approximate surface area is 136 Å². The second kappa shape index (κ2) is 5.99. The number of thioether (sulfide) groups is 1. The molecule has 0 unspecified atom stereocenters. The van der Waals surface area contributed by atoms with Crippen molar-refractivity contribution in [1.29, 1.82) is 0 Å². The van der Waals surface area contributed by atoms with Gasteiger partial charge in [0, 0.05) is 12.2 Å². The molecular weight excluding hydrogens is 326 g/mol. The number of hydrogen-bond donors (Lipinski definition) is 1. The van der Waals surface area contributed by atoms with E-state index >= 15 is 0 Å². The molecule has 3 rings (SSSR count). The third kappa shape index (κ3) is 2.99. The van der Waals surface area contributed by atoms with Gasteiger partial charge in [0.2, 0.25) is 11.8 Å². The maximum Gasteiger partial charge on any atom is 0.387 e. The fraction of sp³-hybridized carbons (Fsp3) is 0.467. The number of ether oxygens (including phenoxy) is 1. The van der Waals surface area contributed by atoms with Gasteiger partial charge in [-0.15, -0.1) is 11.8 Å². The predicted molar refractivity (Wildman–Crippen MR) is 82.4 cm³/mol. The number of alkyl halides is 2. The van der Waals surface area contributed by atoms with Gasteiger partial charge in [0.1, 0.15) is 11.8 Å². The SMILES string of the molecule is C[C@@]12CCC(=O)N1[C@H](C(=O)Nc1ccccc1OC(F)F)CS2. The van der Waals surface area contributed by atoms with Gasteiger partial charge < -0.3 is 15.0 Å². The molecule has 1 aromatic rings. The molecule has 2 atom stereocenters. The zero-order chi connectivity index (χ0) is 16.6. The minimum atomic E-state index is -2.97. The van der Waals surface area contributed by atoms with Crippen LogP contribution in [-0.4, -0.2) is 40.0 Å². The molecule has 0 radical (unpaired) electrons. The van der Waals surface area contributed by atoms with E-state index in [2.05, 4.69) is 10.1 Å². The fourth-order valence-corrected chi connectivity index (χ4v) is 4.43. The molecular formula is C15H16F2N2O3S. The fourth-order valence-electron chi connectivity index (χ4n) is 3.00. The monoisotopic (exact) mass is 342 g/mol. The predicted octanol–water partition coefficient (Wildman–Crippen LogP) is 2.68. The molecule has 23 heavy (non-hydrogen) atoms. The highest BCUT2D eigenvalue weighted by Gasteiger charge is 2.52. The maximum absolute atomic E-state index is 12.5. The smallest absolute Gasteiger partial charge is 0.387 e. The molecule has 2 amide bonds. The van der Waals surface area contributed by atoms with E-state index < -0.39 is 12.7 Å². The lowest BCUT2D eigenvalue weighted by Crippen LogP contribution is -2.48. The van der Waals surface area contributed by atoms with Crippen molar-refractivity contribution in [3.05, 3.63) is 24.3 Å². The van der Waals surface area contributed by atoms with Crippen LogP contribution >= 0.6 is 11.8 Å². The van der Waals surface area contributed by atoms with Crippen LogP contribution in [0.15, 0.2) is 24.3 Å². The lowest BCUT2D eigenvalue weighted by atomic mass is 10.2.